The number of halogens is 4. The maximum Gasteiger partial charge on any atom is 0.163 e. The van der Waals surface area contributed by atoms with Crippen LogP contribution in [0.3, 0.4) is 0 Å². The highest BCUT2D eigenvalue weighted by molar-refractivity contribution is 9.10. The van der Waals surface area contributed by atoms with Gasteiger partial charge in [0.1, 0.15) is 11.3 Å². The highest BCUT2D eigenvalue weighted by Crippen LogP contribution is 2.37. The summed E-state index contributed by atoms with van der Waals surface area (Å²) in [6.07, 6.45) is 0. The number of alkyl halides is 1. The number of benzene rings is 1. The van der Waals surface area contributed by atoms with Gasteiger partial charge in [0.05, 0.1) is 27.3 Å². The minimum absolute atomic E-state index is 0.262. The van der Waals surface area contributed by atoms with Gasteiger partial charge in [-0.15, -0.1) is 11.6 Å². The third-order valence-corrected chi connectivity index (χ3v) is 5.25. The number of fused-ring (bicyclic) bond motifs is 1. The van der Waals surface area contributed by atoms with Crippen molar-refractivity contribution in [2.75, 3.05) is 0 Å². The van der Waals surface area contributed by atoms with Crippen LogP contribution in [0.25, 0.3) is 16.9 Å². The number of rotatable bonds is 2. The van der Waals surface area contributed by atoms with Crippen molar-refractivity contribution in [1.29, 1.82) is 0 Å². The second-order valence-electron chi connectivity index (χ2n) is 4.57. The molecule has 0 amide bonds. The topological polar surface area (TPSA) is 35.6 Å². The zero-order valence-corrected chi connectivity index (χ0v) is 15.0. The van der Waals surface area contributed by atoms with Crippen LogP contribution in [-0.2, 0) is 12.9 Å². The second-order valence-corrected chi connectivity index (χ2v) is 6.45. The van der Waals surface area contributed by atoms with E-state index in [0.29, 0.717) is 15.9 Å². The first-order valence-electron chi connectivity index (χ1n) is 6.06. The molecule has 8 heteroatoms. The molecule has 0 fully saturated rings. The van der Waals surface area contributed by atoms with Gasteiger partial charge in [0.2, 0.25) is 0 Å². The molecule has 0 N–H and O–H groups in total. The van der Waals surface area contributed by atoms with Gasteiger partial charge in [0.25, 0.3) is 0 Å². The third kappa shape index (κ3) is 2.27. The first kappa shape index (κ1) is 15.2. The van der Waals surface area contributed by atoms with Gasteiger partial charge < -0.3 is 0 Å². The minimum Gasteiger partial charge on any atom is -0.278 e. The molecular weight excluding hydrogens is 398 g/mol. The summed E-state index contributed by atoms with van der Waals surface area (Å²) in [5, 5.41) is 5.28. The fourth-order valence-corrected chi connectivity index (χ4v) is 3.38. The summed E-state index contributed by atoms with van der Waals surface area (Å²) in [5.74, 6) is 0.959. The summed E-state index contributed by atoms with van der Waals surface area (Å²) in [5.41, 5.74) is 3.22. The second kappa shape index (κ2) is 5.47. The van der Waals surface area contributed by atoms with Crippen LogP contribution in [0.15, 0.2) is 16.6 Å². The SMILES string of the molecule is Cc1nn(C)c2c1nc(CCl)n2-c1ccc(Br)c(Cl)c1Cl. The maximum atomic E-state index is 6.40. The van der Waals surface area contributed by atoms with Crippen molar-refractivity contribution in [3.05, 3.63) is 38.2 Å². The van der Waals surface area contributed by atoms with Crippen LogP contribution in [0.4, 0.5) is 0 Å². The van der Waals surface area contributed by atoms with Gasteiger partial charge in [-0.05, 0) is 35.0 Å². The number of imidazole rings is 1. The number of nitrogens with zero attached hydrogens (tertiary/aromatic N) is 4. The summed E-state index contributed by atoms with van der Waals surface area (Å²) < 4.78 is 4.39. The van der Waals surface area contributed by atoms with E-state index in [0.717, 1.165) is 27.0 Å². The van der Waals surface area contributed by atoms with Crippen LogP contribution in [0.5, 0.6) is 0 Å². The summed E-state index contributed by atoms with van der Waals surface area (Å²) in [4.78, 5) is 4.56. The lowest BCUT2D eigenvalue weighted by Crippen LogP contribution is -2.05. The molecule has 4 nitrogen and oxygen atoms in total. The molecular formula is C13H10BrCl3N4. The van der Waals surface area contributed by atoms with Crippen molar-refractivity contribution in [2.45, 2.75) is 12.8 Å². The fraction of sp³-hybridized carbons (Fsp3) is 0.231. The summed E-state index contributed by atoms with van der Waals surface area (Å²) in [7, 11) is 1.86. The van der Waals surface area contributed by atoms with E-state index in [1.54, 1.807) is 4.68 Å². The molecule has 0 atom stereocenters. The van der Waals surface area contributed by atoms with Gasteiger partial charge in [-0.25, -0.2) is 9.67 Å². The molecule has 0 bridgehead atoms. The smallest absolute Gasteiger partial charge is 0.163 e. The van der Waals surface area contributed by atoms with Crippen molar-refractivity contribution in [3.8, 4) is 5.69 Å². The van der Waals surface area contributed by atoms with E-state index in [4.69, 9.17) is 34.8 Å². The molecule has 0 radical (unpaired) electrons. The molecule has 0 aliphatic rings. The molecule has 1 aromatic carbocycles. The van der Waals surface area contributed by atoms with E-state index in [1.807, 2.05) is 30.7 Å². The average molecular weight is 409 g/mol. The Bertz CT molecular complexity index is 853. The van der Waals surface area contributed by atoms with E-state index in [1.165, 1.54) is 0 Å². The maximum absolute atomic E-state index is 6.40. The lowest BCUT2D eigenvalue weighted by molar-refractivity contribution is 0.755. The van der Waals surface area contributed by atoms with Crippen LogP contribution in [0.2, 0.25) is 10.0 Å². The predicted octanol–water partition coefficient (Wildman–Crippen LogP) is 4.88. The van der Waals surface area contributed by atoms with Gasteiger partial charge in [-0.3, -0.25) is 4.57 Å². The van der Waals surface area contributed by atoms with Crippen molar-refractivity contribution in [3.63, 3.8) is 0 Å². The third-order valence-electron chi connectivity index (χ3n) is 3.25. The van der Waals surface area contributed by atoms with Crippen molar-refractivity contribution >= 4 is 61.9 Å². The Balaban J connectivity index is 2.42. The molecule has 0 aliphatic heterocycles. The zero-order valence-electron chi connectivity index (χ0n) is 11.2. The molecule has 110 valence electrons. The zero-order chi connectivity index (χ0) is 15.3. The molecule has 2 heterocycles. The first-order chi connectivity index (χ1) is 9.95. The van der Waals surface area contributed by atoms with Crippen LogP contribution in [0.1, 0.15) is 11.5 Å². The predicted molar refractivity (Wildman–Crippen MR) is 89.9 cm³/mol. The number of hydrogen-bond donors (Lipinski definition) is 0. The van der Waals surface area contributed by atoms with E-state index < -0.39 is 0 Å². The molecule has 2 aromatic heterocycles. The molecule has 21 heavy (non-hydrogen) atoms. The summed E-state index contributed by atoms with van der Waals surface area (Å²) in [6.45, 7) is 1.91. The summed E-state index contributed by atoms with van der Waals surface area (Å²) >= 11 is 22.0. The molecule has 3 aromatic rings. The number of hydrogen-bond acceptors (Lipinski definition) is 2. The van der Waals surface area contributed by atoms with Crippen LogP contribution >= 0.6 is 50.7 Å². The van der Waals surface area contributed by atoms with Crippen LogP contribution in [0, 0.1) is 6.92 Å². The number of aromatic nitrogens is 4. The molecule has 0 spiro atoms. The van der Waals surface area contributed by atoms with Crippen LogP contribution in [-0.4, -0.2) is 19.3 Å². The van der Waals surface area contributed by atoms with E-state index in [2.05, 4.69) is 26.0 Å². The highest BCUT2D eigenvalue weighted by atomic mass is 79.9. The Morgan fingerprint density at radius 3 is 2.62 bits per heavy atom. The summed E-state index contributed by atoms with van der Waals surface area (Å²) in [6, 6.07) is 3.72. The van der Waals surface area contributed by atoms with Gasteiger partial charge >= 0.3 is 0 Å². The quantitative estimate of drug-likeness (QED) is 0.448. The Morgan fingerprint density at radius 1 is 1.24 bits per heavy atom. The van der Waals surface area contributed by atoms with E-state index in [9.17, 15) is 0 Å². The molecule has 3 rings (SSSR count). The fourth-order valence-electron chi connectivity index (χ4n) is 2.35. The molecule has 0 saturated carbocycles. The Labute approximate surface area is 144 Å². The monoisotopic (exact) mass is 406 g/mol. The Kier molecular flexibility index (Phi) is 3.94. The van der Waals surface area contributed by atoms with Crippen molar-refractivity contribution < 1.29 is 0 Å². The largest absolute Gasteiger partial charge is 0.278 e. The first-order valence-corrected chi connectivity index (χ1v) is 8.14. The van der Waals surface area contributed by atoms with E-state index >= 15 is 0 Å². The highest BCUT2D eigenvalue weighted by Gasteiger charge is 2.21. The molecule has 0 aliphatic carbocycles. The normalized spacial score (nSPS) is 11.5. The lowest BCUT2D eigenvalue weighted by atomic mass is 10.3. The van der Waals surface area contributed by atoms with Gasteiger partial charge in [-0.2, -0.15) is 5.10 Å². The minimum atomic E-state index is 0.262. The van der Waals surface area contributed by atoms with Crippen molar-refractivity contribution in [2.24, 2.45) is 7.05 Å². The lowest BCUT2D eigenvalue weighted by Gasteiger charge is -2.12. The average Bonchev–Trinajstić information content (AvgIpc) is 2.96. The molecule has 0 saturated heterocycles. The van der Waals surface area contributed by atoms with Crippen molar-refractivity contribution in [1.82, 2.24) is 19.3 Å². The Morgan fingerprint density at radius 2 is 1.95 bits per heavy atom. The Hall–Kier alpha value is -0.750. The van der Waals surface area contributed by atoms with E-state index in [-0.39, 0.29) is 5.88 Å². The molecule has 0 unspecified atom stereocenters. The number of aryl methyl sites for hydroxylation is 2. The van der Waals surface area contributed by atoms with Gasteiger partial charge in [0, 0.05) is 11.5 Å². The van der Waals surface area contributed by atoms with Gasteiger partial charge in [0.15, 0.2) is 5.65 Å². The van der Waals surface area contributed by atoms with Gasteiger partial charge in [-0.1, -0.05) is 23.2 Å². The van der Waals surface area contributed by atoms with Crippen LogP contribution < -0.4 is 0 Å². The standard InChI is InChI=1S/C13H10BrCl3N4/c1-6-12-13(20(2)19-6)21(9(5-15)18-12)8-4-3-7(14)10(16)11(8)17/h3-4H,5H2,1-2H3.